The maximum atomic E-state index is 12.1. The number of fused-ring (bicyclic) bond motifs is 1. The minimum Gasteiger partial charge on any atom is -0.466 e. The Morgan fingerprint density at radius 1 is 1.27 bits per heavy atom. The molecule has 0 amide bonds. The van der Waals surface area contributed by atoms with Crippen LogP contribution in [0.3, 0.4) is 0 Å². The fourth-order valence-electron chi connectivity index (χ4n) is 4.06. The lowest BCUT2D eigenvalue weighted by Crippen LogP contribution is -2.44. The molecule has 2 aliphatic rings. The number of ether oxygens (including phenoxy) is 1. The molecule has 1 aliphatic carbocycles. The maximum Gasteiger partial charge on any atom is 0.307 e. The van der Waals surface area contributed by atoms with Gasteiger partial charge < -0.3 is 10.1 Å². The Morgan fingerprint density at radius 2 is 2.00 bits per heavy atom. The van der Waals surface area contributed by atoms with Gasteiger partial charge in [-0.05, 0) is 44.6 Å². The lowest BCUT2D eigenvalue weighted by atomic mass is 9.81. The van der Waals surface area contributed by atoms with Crippen LogP contribution in [0, 0.1) is 5.92 Å². The van der Waals surface area contributed by atoms with Gasteiger partial charge in [0.2, 0.25) is 0 Å². The molecule has 2 fully saturated rings. The summed E-state index contributed by atoms with van der Waals surface area (Å²) in [6.07, 6.45) is 8.68. The molecule has 2 unspecified atom stereocenters. The summed E-state index contributed by atoms with van der Waals surface area (Å²) in [7, 11) is 0. The van der Waals surface area contributed by atoms with Crippen molar-refractivity contribution < 1.29 is 14.3 Å². The van der Waals surface area contributed by atoms with Crippen LogP contribution in [0.15, 0.2) is 11.6 Å². The normalized spacial score (nSPS) is 31.7. The van der Waals surface area contributed by atoms with Crippen LogP contribution in [0.4, 0.5) is 0 Å². The molecule has 1 heterocycles. The number of allylic oxidation sites excluding steroid dienone is 1. The average molecular weight is 307 g/mol. The first-order valence-corrected chi connectivity index (χ1v) is 8.65. The van der Waals surface area contributed by atoms with E-state index in [4.69, 9.17) is 4.74 Å². The molecule has 4 heteroatoms. The monoisotopic (exact) mass is 307 g/mol. The van der Waals surface area contributed by atoms with E-state index in [2.05, 4.69) is 5.32 Å². The summed E-state index contributed by atoms with van der Waals surface area (Å²) in [5.41, 5.74) is 0.360. The highest BCUT2D eigenvalue weighted by atomic mass is 16.5. The highest BCUT2D eigenvalue weighted by molar-refractivity contribution is 5.94. The van der Waals surface area contributed by atoms with Crippen molar-refractivity contribution in [2.75, 3.05) is 6.61 Å². The van der Waals surface area contributed by atoms with E-state index in [1.807, 2.05) is 26.8 Å². The fraction of sp³-hybridized carbons (Fsp3) is 0.778. The molecular weight excluding hydrogens is 278 g/mol. The Labute approximate surface area is 133 Å². The third kappa shape index (κ3) is 3.97. The van der Waals surface area contributed by atoms with E-state index in [9.17, 15) is 9.59 Å². The zero-order valence-corrected chi connectivity index (χ0v) is 14.1. The quantitative estimate of drug-likeness (QED) is 0.605. The van der Waals surface area contributed by atoms with Crippen LogP contribution >= 0.6 is 0 Å². The number of Topliss-reactive ketones (excluding diaryl/α,β-unsaturated/α-hetero) is 1. The van der Waals surface area contributed by atoms with Crippen molar-refractivity contribution in [3.8, 4) is 0 Å². The van der Waals surface area contributed by atoms with Crippen LogP contribution in [-0.2, 0) is 14.3 Å². The van der Waals surface area contributed by atoms with Gasteiger partial charge in [0.1, 0.15) is 0 Å². The van der Waals surface area contributed by atoms with Gasteiger partial charge in [0.25, 0.3) is 0 Å². The molecule has 1 saturated carbocycles. The Bertz CT molecular complexity index is 441. The van der Waals surface area contributed by atoms with Gasteiger partial charge >= 0.3 is 5.97 Å². The van der Waals surface area contributed by atoms with Crippen molar-refractivity contribution in [3.63, 3.8) is 0 Å². The molecular formula is C18H29NO3. The van der Waals surface area contributed by atoms with Crippen LogP contribution in [0.1, 0.15) is 65.7 Å². The molecule has 0 spiro atoms. The van der Waals surface area contributed by atoms with Crippen LogP contribution in [0.5, 0.6) is 0 Å². The van der Waals surface area contributed by atoms with E-state index in [0.717, 1.165) is 12.0 Å². The standard InChI is InChI=1S/C18H29NO3/c1-4-16(20)13(3)10-18(12-17(21)22-5-2)11-14-8-6-7-9-15(14)19-18/h10,14-15,19H,4-9,11-12H2,1-3H3/b13-10-/t14-,15?,18?/m0/s1. The van der Waals surface area contributed by atoms with Gasteiger partial charge in [-0.3, -0.25) is 9.59 Å². The van der Waals surface area contributed by atoms with E-state index < -0.39 is 5.54 Å². The predicted octanol–water partition coefficient (Wildman–Crippen LogP) is 3.16. The van der Waals surface area contributed by atoms with Gasteiger partial charge in [0, 0.05) is 18.0 Å². The summed E-state index contributed by atoms with van der Waals surface area (Å²) in [6, 6.07) is 0.476. The Hall–Kier alpha value is -1.16. The SMILES string of the molecule is CCOC(=O)CC1(/C=C(/C)C(=O)CC)C[C@@H]2CCCCC2N1. The molecule has 3 atom stereocenters. The highest BCUT2D eigenvalue weighted by Gasteiger charge is 2.45. The van der Waals surface area contributed by atoms with Crippen molar-refractivity contribution in [1.82, 2.24) is 5.32 Å². The smallest absolute Gasteiger partial charge is 0.307 e. The summed E-state index contributed by atoms with van der Waals surface area (Å²) >= 11 is 0. The van der Waals surface area contributed by atoms with Crippen molar-refractivity contribution in [3.05, 3.63) is 11.6 Å². The Balaban J connectivity index is 2.21. The van der Waals surface area contributed by atoms with Gasteiger partial charge in [-0.1, -0.05) is 25.8 Å². The Morgan fingerprint density at radius 3 is 2.64 bits per heavy atom. The van der Waals surface area contributed by atoms with Gasteiger partial charge in [0.15, 0.2) is 5.78 Å². The number of hydrogen-bond donors (Lipinski definition) is 1. The maximum absolute atomic E-state index is 12.1. The average Bonchev–Trinajstić information content (AvgIpc) is 2.83. The molecule has 22 heavy (non-hydrogen) atoms. The van der Waals surface area contributed by atoms with Crippen LogP contribution in [0.25, 0.3) is 0 Å². The highest BCUT2D eigenvalue weighted by Crippen LogP contribution is 2.41. The van der Waals surface area contributed by atoms with Crippen molar-refractivity contribution >= 4 is 11.8 Å². The lowest BCUT2D eigenvalue weighted by Gasteiger charge is -2.27. The minimum atomic E-state index is -0.402. The molecule has 4 nitrogen and oxygen atoms in total. The molecule has 1 aliphatic heterocycles. The first kappa shape index (κ1) is 17.2. The molecule has 0 radical (unpaired) electrons. The van der Waals surface area contributed by atoms with Crippen molar-refractivity contribution in [1.29, 1.82) is 0 Å². The Kier molecular flexibility index (Phi) is 5.79. The van der Waals surface area contributed by atoms with Gasteiger partial charge in [-0.25, -0.2) is 0 Å². The number of carbonyl (C=O) groups is 2. The van der Waals surface area contributed by atoms with Crippen LogP contribution in [0.2, 0.25) is 0 Å². The summed E-state index contributed by atoms with van der Waals surface area (Å²) in [6.45, 7) is 5.97. The van der Waals surface area contributed by atoms with Gasteiger partial charge in [-0.15, -0.1) is 0 Å². The van der Waals surface area contributed by atoms with Crippen molar-refractivity contribution in [2.45, 2.75) is 77.3 Å². The van der Waals surface area contributed by atoms with Crippen LogP contribution < -0.4 is 5.32 Å². The third-order valence-corrected chi connectivity index (χ3v) is 5.03. The lowest BCUT2D eigenvalue weighted by molar-refractivity contribution is -0.144. The molecule has 0 aromatic carbocycles. The molecule has 0 bridgehead atoms. The van der Waals surface area contributed by atoms with E-state index >= 15 is 0 Å². The number of esters is 1. The number of nitrogens with one attached hydrogen (secondary N) is 1. The third-order valence-electron chi connectivity index (χ3n) is 5.03. The van der Waals surface area contributed by atoms with Gasteiger partial charge in [0.05, 0.1) is 13.0 Å². The first-order valence-electron chi connectivity index (χ1n) is 8.65. The van der Waals surface area contributed by atoms with Crippen LogP contribution in [-0.4, -0.2) is 29.9 Å². The second-order valence-corrected chi connectivity index (χ2v) is 6.74. The largest absolute Gasteiger partial charge is 0.466 e. The number of rotatable bonds is 6. The van der Waals surface area contributed by atoms with E-state index in [1.54, 1.807) is 0 Å². The first-order chi connectivity index (χ1) is 10.5. The molecule has 0 aromatic rings. The zero-order valence-electron chi connectivity index (χ0n) is 14.1. The summed E-state index contributed by atoms with van der Waals surface area (Å²) in [5.74, 6) is 0.588. The molecule has 1 saturated heterocycles. The summed E-state index contributed by atoms with van der Waals surface area (Å²) < 4.78 is 5.16. The van der Waals surface area contributed by atoms with Crippen molar-refractivity contribution in [2.24, 2.45) is 5.92 Å². The van der Waals surface area contributed by atoms with Gasteiger partial charge in [-0.2, -0.15) is 0 Å². The molecule has 2 rings (SSSR count). The molecule has 124 valence electrons. The van der Waals surface area contributed by atoms with E-state index in [1.165, 1.54) is 25.7 Å². The van der Waals surface area contributed by atoms with E-state index in [0.29, 0.717) is 31.4 Å². The number of ketones is 1. The second-order valence-electron chi connectivity index (χ2n) is 6.74. The topological polar surface area (TPSA) is 55.4 Å². The number of hydrogen-bond acceptors (Lipinski definition) is 4. The predicted molar refractivity (Wildman–Crippen MR) is 86.5 cm³/mol. The fourth-order valence-corrected chi connectivity index (χ4v) is 4.06. The number of carbonyl (C=O) groups excluding carboxylic acids is 2. The second kappa shape index (κ2) is 7.40. The minimum absolute atomic E-state index is 0.153. The summed E-state index contributed by atoms with van der Waals surface area (Å²) in [5, 5.41) is 3.68. The van der Waals surface area contributed by atoms with E-state index in [-0.39, 0.29) is 11.8 Å². The zero-order chi connectivity index (χ0) is 16.2. The summed E-state index contributed by atoms with van der Waals surface area (Å²) in [4.78, 5) is 24.0. The molecule has 0 aromatic heterocycles. The molecule has 1 N–H and O–H groups in total.